The summed E-state index contributed by atoms with van der Waals surface area (Å²) in [6, 6.07) is 0. The van der Waals surface area contributed by atoms with Gasteiger partial charge < -0.3 is 15.0 Å². The van der Waals surface area contributed by atoms with Crippen LogP contribution in [-0.4, -0.2) is 50.8 Å². The quantitative estimate of drug-likeness (QED) is 0.744. The molecule has 4 atom stereocenters. The molecule has 0 aromatic heterocycles. The molecule has 90 valence electrons. The number of ether oxygens (including phenoxy) is 1. The molecule has 1 aliphatic rings. The second-order valence-corrected chi connectivity index (χ2v) is 4.94. The summed E-state index contributed by atoms with van der Waals surface area (Å²) in [6.07, 6.45) is 0.828. The zero-order chi connectivity index (χ0) is 11.4. The lowest BCUT2D eigenvalue weighted by Gasteiger charge is -2.25. The van der Waals surface area contributed by atoms with Gasteiger partial charge in [0.1, 0.15) is 0 Å². The molecule has 1 N–H and O–H groups in total. The van der Waals surface area contributed by atoms with Gasteiger partial charge in [0, 0.05) is 25.6 Å². The first-order chi connectivity index (χ1) is 7.06. The molecule has 0 aliphatic carbocycles. The van der Waals surface area contributed by atoms with Crippen LogP contribution in [0.3, 0.4) is 0 Å². The lowest BCUT2D eigenvalue weighted by molar-refractivity contribution is 0.0482. The van der Waals surface area contributed by atoms with Crippen molar-refractivity contribution in [1.29, 1.82) is 0 Å². The van der Waals surface area contributed by atoms with E-state index in [1.807, 2.05) is 7.05 Å². The summed E-state index contributed by atoms with van der Waals surface area (Å²) >= 11 is 0. The lowest BCUT2D eigenvalue weighted by Crippen LogP contribution is -2.35. The average Bonchev–Trinajstić information content (AvgIpc) is 2.42. The second-order valence-electron chi connectivity index (χ2n) is 4.94. The highest BCUT2D eigenvalue weighted by Gasteiger charge is 2.36. The predicted octanol–water partition coefficient (Wildman–Crippen LogP) is 1.20. The molecule has 0 amide bonds. The van der Waals surface area contributed by atoms with Gasteiger partial charge in [0.05, 0.1) is 12.2 Å². The van der Waals surface area contributed by atoms with Crippen molar-refractivity contribution in [3.63, 3.8) is 0 Å². The third-order valence-corrected chi connectivity index (χ3v) is 3.71. The topological polar surface area (TPSA) is 24.5 Å². The third kappa shape index (κ3) is 3.44. The van der Waals surface area contributed by atoms with E-state index in [1.165, 1.54) is 0 Å². The van der Waals surface area contributed by atoms with Gasteiger partial charge in [-0.15, -0.1) is 0 Å². The van der Waals surface area contributed by atoms with Crippen molar-refractivity contribution in [2.24, 2.45) is 11.8 Å². The standard InChI is InChI=1S/C12H26N2O/c1-9-10(2)15-11(3)12(9)8-14(5)7-6-13-4/h9-13H,6-8H2,1-5H3. The van der Waals surface area contributed by atoms with Crippen molar-refractivity contribution in [2.45, 2.75) is 33.0 Å². The Hall–Kier alpha value is -0.120. The van der Waals surface area contributed by atoms with Gasteiger partial charge in [0.15, 0.2) is 0 Å². The van der Waals surface area contributed by atoms with Gasteiger partial charge in [0.25, 0.3) is 0 Å². The van der Waals surface area contributed by atoms with Crippen molar-refractivity contribution in [1.82, 2.24) is 10.2 Å². The monoisotopic (exact) mass is 214 g/mol. The maximum absolute atomic E-state index is 5.85. The van der Waals surface area contributed by atoms with Gasteiger partial charge in [0.2, 0.25) is 0 Å². The van der Waals surface area contributed by atoms with Crippen LogP contribution in [0.4, 0.5) is 0 Å². The number of rotatable bonds is 5. The largest absolute Gasteiger partial charge is 0.375 e. The van der Waals surface area contributed by atoms with E-state index < -0.39 is 0 Å². The Kier molecular flexibility index (Phi) is 5.03. The van der Waals surface area contributed by atoms with Crippen LogP contribution in [0.5, 0.6) is 0 Å². The van der Waals surface area contributed by atoms with Gasteiger partial charge in [-0.25, -0.2) is 0 Å². The summed E-state index contributed by atoms with van der Waals surface area (Å²) in [7, 11) is 4.19. The van der Waals surface area contributed by atoms with E-state index in [4.69, 9.17) is 4.74 Å². The third-order valence-electron chi connectivity index (χ3n) is 3.71. The van der Waals surface area contributed by atoms with Gasteiger partial charge in [-0.3, -0.25) is 0 Å². The molecular formula is C12H26N2O. The number of hydrogen-bond acceptors (Lipinski definition) is 3. The molecule has 1 rings (SSSR count). The molecule has 1 saturated heterocycles. The minimum absolute atomic E-state index is 0.409. The van der Waals surface area contributed by atoms with Crippen LogP contribution in [0, 0.1) is 11.8 Å². The van der Waals surface area contributed by atoms with Crippen LogP contribution in [0.15, 0.2) is 0 Å². The second kappa shape index (κ2) is 5.83. The van der Waals surface area contributed by atoms with E-state index in [0.29, 0.717) is 24.0 Å². The lowest BCUT2D eigenvalue weighted by atomic mass is 9.89. The summed E-state index contributed by atoms with van der Waals surface area (Å²) in [5.74, 6) is 1.36. The fourth-order valence-electron chi connectivity index (χ4n) is 2.41. The molecule has 3 nitrogen and oxygen atoms in total. The predicted molar refractivity (Wildman–Crippen MR) is 64.1 cm³/mol. The first-order valence-corrected chi connectivity index (χ1v) is 6.04. The van der Waals surface area contributed by atoms with Crippen LogP contribution >= 0.6 is 0 Å². The van der Waals surface area contributed by atoms with Gasteiger partial charge in [-0.05, 0) is 33.9 Å². The zero-order valence-corrected chi connectivity index (χ0v) is 10.8. The minimum Gasteiger partial charge on any atom is -0.375 e. The molecule has 15 heavy (non-hydrogen) atoms. The van der Waals surface area contributed by atoms with Gasteiger partial charge in [-0.1, -0.05) is 6.92 Å². The molecule has 1 aliphatic heterocycles. The van der Waals surface area contributed by atoms with Gasteiger partial charge >= 0.3 is 0 Å². The van der Waals surface area contributed by atoms with Crippen molar-refractivity contribution < 1.29 is 4.74 Å². The van der Waals surface area contributed by atoms with Crippen molar-refractivity contribution >= 4 is 0 Å². The number of hydrogen-bond donors (Lipinski definition) is 1. The molecule has 0 saturated carbocycles. The fourth-order valence-corrected chi connectivity index (χ4v) is 2.41. The molecule has 4 unspecified atom stereocenters. The summed E-state index contributed by atoms with van der Waals surface area (Å²) in [5, 5.41) is 3.18. The van der Waals surface area contributed by atoms with Crippen molar-refractivity contribution in [3.8, 4) is 0 Å². The Morgan fingerprint density at radius 3 is 2.33 bits per heavy atom. The summed E-state index contributed by atoms with van der Waals surface area (Å²) in [6.45, 7) is 10.0. The van der Waals surface area contributed by atoms with Crippen LogP contribution < -0.4 is 5.32 Å². The van der Waals surface area contributed by atoms with E-state index in [1.54, 1.807) is 0 Å². The highest BCUT2D eigenvalue weighted by Crippen LogP contribution is 2.32. The minimum atomic E-state index is 0.409. The number of nitrogens with zero attached hydrogens (tertiary/aromatic N) is 1. The number of nitrogens with one attached hydrogen (secondary N) is 1. The molecule has 0 spiro atoms. The molecule has 0 aromatic carbocycles. The SMILES string of the molecule is CNCCN(C)CC1C(C)OC(C)C1C. The fraction of sp³-hybridized carbons (Fsp3) is 1.00. The molecule has 0 bridgehead atoms. The van der Waals surface area contributed by atoms with E-state index in [9.17, 15) is 0 Å². The normalized spacial score (nSPS) is 36.4. The maximum atomic E-state index is 5.85. The summed E-state index contributed by atoms with van der Waals surface area (Å²) < 4.78 is 5.85. The van der Waals surface area contributed by atoms with Crippen LogP contribution in [0.2, 0.25) is 0 Å². The van der Waals surface area contributed by atoms with Crippen LogP contribution in [-0.2, 0) is 4.74 Å². The average molecular weight is 214 g/mol. The first-order valence-electron chi connectivity index (χ1n) is 6.04. The Morgan fingerprint density at radius 2 is 1.87 bits per heavy atom. The highest BCUT2D eigenvalue weighted by molar-refractivity contribution is 4.85. The molecule has 0 radical (unpaired) electrons. The Balaban J connectivity index is 2.36. The smallest absolute Gasteiger partial charge is 0.0594 e. The van der Waals surface area contributed by atoms with E-state index in [0.717, 1.165) is 19.6 Å². The Bertz CT molecular complexity index is 186. The molecule has 1 fully saturated rings. The maximum Gasteiger partial charge on any atom is 0.0594 e. The first kappa shape index (κ1) is 12.9. The molecule has 1 heterocycles. The van der Waals surface area contributed by atoms with Crippen molar-refractivity contribution in [2.75, 3.05) is 33.7 Å². The Morgan fingerprint density at radius 1 is 1.20 bits per heavy atom. The van der Waals surface area contributed by atoms with Crippen LogP contribution in [0.25, 0.3) is 0 Å². The molecular weight excluding hydrogens is 188 g/mol. The molecule has 0 aromatic rings. The van der Waals surface area contributed by atoms with E-state index >= 15 is 0 Å². The van der Waals surface area contributed by atoms with Gasteiger partial charge in [-0.2, -0.15) is 0 Å². The molecule has 3 heteroatoms. The van der Waals surface area contributed by atoms with E-state index in [2.05, 4.69) is 38.0 Å². The van der Waals surface area contributed by atoms with E-state index in [-0.39, 0.29) is 0 Å². The number of likely N-dealkylation sites (N-methyl/N-ethyl adjacent to an activating group) is 2. The zero-order valence-electron chi connectivity index (χ0n) is 10.8. The highest BCUT2D eigenvalue weighted by atomic mass is 16.5. The summed E-state index contributed by atoms with van der Waals surface area (Å²) in [4.78, 5) is 2.40. The Labute approximate surface area is 94.2 Å². The summed E-state index contributed by atoms with van der Waals surface area (Å²) in [5.41, 5.74) is 0. The van der Waals surface area contributed by atoms with Crippen molar-refractivity contribution in [3.05, 3.63) is 0 Å². The van der Waals surface area contributed by atoms with Crippen LogP contribution in [0.1, 0.15) is 20.8 Å².